The van der Waals surface area contributed by atoms with Gasteiger partial charge < -0.3 is 5.48 Å². The smallest absolute Gasteiger partial charge is 0.384 e. The van der Waals surface area contributed by atoms with Gasteiger partial charge in [-0.2, -0.15) is 18.8 Å². The van der Waals surface area contributed by atoms with Gasteiger partial charge in [0.25, 0.3) is 0 Å². The van der Waals surface area contributed by atoms with Crippen molar-refractivity contribution in [2.24, 2.45) is 0 Å². The summed E-state index contributed by atoms with van der Waals surface area (Å²) in [5, 5.41) is 13.7. The highest BCUT2D eigenvalue weighted by molar-refractivity contribution is 7.85. The van der Waals surface area contributed by atoms with Crippen LogP contribution in [-0.4, -0.2) is 29.7 Å². The molecule has 0 fully saturated rings. The predicted molar refractivity (Wildman–Crippen MR) is 104 cm³/mol. The van der Waals surface area contributed by atoms with E-state index in [9.17, 15) is 18.5 Å². The lowest BCUT2D eigenvalue weighted by atomic mass is 9.96. The summed E-state index contributed by atoms with van der Waals surface area (Å²) in [6.07, 6.45) is 0. The quantitative estimate of drug-likeness (QED) is 0.642. The summed E-state index contributed by atoms with van der Waals surface area (Å²) >= 11 is 0. The summed E-state index contributed by atoms with van der Waals surface area (Å²) in [5.74, 6) is 0. The molecule has 0 aliphatic heterocycles. The number of nitrogens with zero attached hydrogens (tertiary/aromatic N) is 3. The van der Waals surface area contributed by atoms with E-state index in [-0.39, 0.29) is 33.0 Å². The Kier molecular flexibility index (Phi) is 6.43. The van der Waals surface area contributed by atoms with Crippen molar-refractivity contribution in [2.75, 3.05) is 6.61 Å². The molecule has 2 aromatic carbocycles. The van der Waals surface area contributed by atoms with Crippen LogP contribution >= 0.6 is 0 Å². The molecule has 9 heteroatoms. The average molecular weight is 399 g/mol. The minimum atomic E-state index is -4.46. The second-order valence-corrected chi connectivity index (χ2v) is 6.89. The van der Waals surface area contributed by atoms with Crippen molar-refractivity contribution in [1.82, 2.24) is 9.19 Å². The van der Waals surface area contributed by atoms with Crippen molar-refractivity contribution in [1.29, 1.82) is 5.26 Å². The molecule has 0 saturated carbocycles. The van der Waals surface area contributed by atoms with Crippen LogP contribution in [-0.2, 0) is 14.5 Å². The van der Waals surface area contributed by atoms with Crippen LogP contribution in [0.2, 0.25) is 0 Å². The first kappa shape index (κ1) is 21.0. The highest BCUT2D eigenvalue weighted by Gasteiger charge is 2.26. The highest BCUT2D eigenvalue weighted by atomic mass is 32.2. The number of aromatic nitrogens is 2. The lowest BCUT2D eigenvalue weighted by Crippen LogP contribution is -2.34. The van der Waals surface area contributed by atoms with Crippen LogP contribution < -0.4 is 5.56 Å². The van der Waals surface area contributed by atoms with Gasteiger partial charge in [-0.15, -0.1) is 0 Å². The zero-order valence-electron chi connectivity index (χ0n) is 14.9. The molecule has 1 aromatic heterocycles. The molecule has 1 heterocycles. The fourth-order valence-electron chi connectivity index (χ4n) is 2.65. The van der Waals surface area contributed by atoms with Crippen LogP contribution in [0, 0.1) is 11.3 Å². The summed E-state index contributed by atoms with van der Waals surface area (Å²) in [6, 6.07) is 19.3. The van der Waals surface area contributed by atoms with Gasteiger partial charge in [-0.1, -0.05) is 64.8 Å². The van der Waals surface area contributed by atoms with E-state index < -0.39 is 15.9 Å². The Morgan fingerprint density at radius 1 is 1.04 bits per heavy atom. The first-order valence-corrected chi connectivity index (χ1v) is 9.44. The van der Waals surface area contributed by atoms with E-state index in [0.717, 1.165) is 0 Å². The molecule has 0 spiro atoms. The normalized spacial score (nSPS) is 10.7. The Balaban J connectivity index is 0.00000280. The second kappa shape index (κ2) is 8.58. The van der Waals surface area contributed by atoms with Gasteiger partial charge in [-0.05, 0) is 12.5 Å². The second-order valence-electron chi connectivity index (χ2n) is 5.45. The van der Waals surface area contributed by atoms with Crippen LogP contribution in [0.5, 0.6) is 0 Å². The van der Waals surface area contributed by atoms with Crippen molar-refractivity contribution in [3.63, 3.8) is 0 Å². The van der Waals surface area contributed by atoms with E-state index in [2.05, 4.69) is 5.10 Å². The Bertz CT molecular complexity index is 1170. The number of hydrogen-bond donors (Lipinski definition) is 0. The monoisotopic (exact) mass is 399 g/mol. The maximum Gasteiger partial charge on any atom is 0.384 e. The van der Waals surface area contributed by atoms with Crippen molar-refractivity contribution in [3.05, 3.63) is 76.6 Å². The maximum atomic E-state index is 12.7. The Morgan fingerprint density at radius 3 is 2.07 bits per heavy atom. The molecule has 0 saturated heterocycles. The lowest BCUT2D eigenvalue weighted by molar-refractivity contribution is 0.327. The molecular weight excluding hydrogens is 382 g/mol. The largest absolute Gasteiger partial charge is 0.412 e. The Labute approximate surface area is 161 Å². The third-order valence-corrected chi connectivity index (χ3v) is 4.97. The van der Waals surface area contributed by atoms with E-state index >= 15 is 0 Å². The summed E-state index contributed by atoms with van der Waals surface area (Å²) in [4.78, 5) is 12.7. The molecule has 0 radical (unpaired) electrons. The van der Waals surface area contributed by atoms with Gasteiger partial charge in [0.2, 0.25) is 0 Å². The number of rotatable bonds is 5. The average Bonchev–Trinajstić information content (AvgIpc) is 2.68. The molecule has 0 bridgehead atoms. The standard InChI is InChI=1S/C19H15N3O4S.H2O/c1-2-26-27(24,25)22-19(23)16(13-20)17(14-9-5-3-6-10-14)18(21-22)15-11-7-4-8-12-15;/h3-12H,2H2,1H3;1H2. The van der Waals surface area contributed by atoms with Gasteiger partial charge in [-0.3, -0.25) is 8.98 Å². The van der Waals surface area contributed by atoms with Crippen LogP contribution in [0.15, 0.2) is 65.5 Å². The summed E-state index contributed by atoms with van der Waals surface area (Å²) in [7, 11) is -4.46. The topological polar surface area (TPSA) is 134 Å². The number of nitriles is 1. The van der Waals surface area contributed by atoms with E-state index in [4.69, 9.17) is 4.18 Å². The van der Waals surface area contributed by atoms with Crippen LogP contribution in [0.25, 0.3) is 22.4 Å². The highest BCUT2D eigenvalue weighted by Crippen LogP contribution is 2.31. The predicted octanol–water partition coefficient (Wildman–Crippen LogP) is 1.75. The molecule has 0 unspecified atom stereocenters. The zero-order valence-corrected chi connectivity index (χ0v) is 15.7. The first-order valence-electron chi connectivity index (χ1n) is 8.07. The Morgan fingerprint density at radius 2 is 1.57 bits per heavy atom. The molecule has 3 rings (SSSR count). The molecule has 0 amide bonds. The molecule has 8 nitrogen and oxygen atoms in total. The summed E-state index contributed by atoms with van der Waals surface area (Å²) in [5.41, 5.74) is 0.244. The van der Waals surface area contributed by atoms with E-state index in [0.29, 0.717) is 11.1 Å². The van der Waals surface area contributed by atoms with Gasteiger partial charge in [-0.25, -0.2) is 0 Å². The Hall–Kier alpha value is -3.32. The zero-order chi connectivity index (χ0) is 19.4. The van der Waals surface area contributed by atoms with Crippen molar-refractivity contribution in [3.8, 4) is 28.5 Å². The van der Waals surface area contributed by atoms with E-state index in [1.165, 1.54) is 6.92 Å². The van der Waals surface area contributed by atoms with Crippen molar-refractivity contribution in [2.45, 2.75) is 6.92 Å². The molecule has 0 aliphatic carbocycles. The molecular formula is C19H17N3O5S. The first-order chi connectivity index (χ1) is 13.0. The third-order valence-electron chi connectivity index (χ3n) is 3.77. The molecule has 28 heavy (non-hydrogen) atoms. The minimum Gasteiger partial charge on any atom is -0.412 e. The molecule has 3 aromatic rings. The van der Waals surface area contributed by atoms with Gasteiger partial charge >= 0.3 is 15.9 Å². The molecule has 2 N–H and O–H groups in total. The van der Waals surface area contributed by atoms with Crippen molar-refractivity contribution >= 4 is 10.3 Å². The number of hydrogen-bond acceptors (Lipinski definition) is 6. The van der Waals surface area contributed by atoms with E-state index in [1.54, 1.807) is 60.7 Å². The fraction of sp³-hybridized carbons (Fsp3) is 0.105. The third kappa shape index (κ3) is 3.84. The number of benzene rings is 2. The maximum absolute atomic E-state index is 12.7. The summed E-state index contributed by atoms with van der Waals surface area (Å²) in [6.45, 7) is 1.31. The van der Waals surface area contributed by atoms with Gasteiger partial charge in [0, 0.05) is 11.1 Å². The van der Waals surface area contributed by atoms with Crippen molar-refractivity contribution < 1.29 is 18.1 Å². The van der Waals surface area contributed by atoms with Gasteiger partial charge in [0.1, 0.15) is 17.3 Å². The van der Waals surface area contributed by atoms with Crippen LogP contribution in [0.3, 0.4) is 0 Å². The summed E-state index contributed by atoms with van der Waals surface area (Å²) < 4.78 is 29.6. The SMILES string of the molecule is CCOS(=O)(=O)n1nc(-c2ccccc2)c(-c2ccccc2)c(C#N)c1=O.O. The molecule has 0 atom stereocenters. The lowest BCUT2D eigenvalue weighted by Gasteiger charge is -2.14. The minimum absolute atomic E-state index is 0. The molecule has 0 aliphatic rings. The fourth-order valence-corrected chi connectivity index (χ4v) is 3.52. The van der Waals surface area contributed by atoms with E-state index in [1.807, 2.05) is 6.07 Å². The van der Waals surface area contributed by atoms with Crippen LogP contribution in [0.4, 0.5) is 0 Å². The van der Waals surface area contributed by atoms with Gasteiger partial charge in [0.15, 0.2) is 0 Å². The molecule has 144 valence electrons. The van der Waals surface area contributed by atoms with Gasteiger partial charge in [0.05, 0.1) is 6.61 Å². The van der Waals surface area contributed by atoms with Crippen LogP contribution in [0.1, 0.15) is 12.5 Å².